The van der Waals surface area contributed by atoms with E-state index in [1.54, 1.807) is 6.07 Å². The lowest BCUT2D eigenvalue weighted by atomic mass is 10.0. The molecule has 5 N–H and O–H groups in total. The SMILES string of the molecule is C=CC(=N)C(N)c1cc(OC2(C)CC2)ccc1N. The summed E-state index contributed by atoms with van der Waals surface area (Å²) >= 11 is 0. The second kappa shape index (κ2) is 4.46. The van der Waals surface area contributed by atoms with E-state index in [-0.39, 0.29) is 11.3 Å². The number of ether oxygens (including phenoxy) is 1. The molecule has 0 bridgehead atoms. The summed E-state index contributed by atoms with van der Waals surface area (Å²) in [7, 11) is 0. The monoisotopic (exact) mass is 245 g/mol. The molecule has 0 aromatic heterocycles. The van der Waals surface area contributed by atoms with Crippen LogP contribution in [0.2, 0.25) is 0 Å². The topological polar surface area (TPSA) is 85.1 Å². The molecule has 4 heteroatoms. The molecule has 0 radical (unpaired) electrons. The minimum Gasteiger partial charge on any atom is -0.488 e. The Hall–Kier alpha value is -1.81. The van der Waals surface area contributed by atoms with Crippen molar-refractivity contribution in [2.75, 3.05) is 5.73 Å². The van der Waals surface area contributed by atoms with Crippen molar-refractivity contribution in [2.45, 2.75) is 31.4 Å². The smallest absolute Gasteiger partial charge is 0.120 e. The summed E-state index contributed by atoms with van der Waals surface area (Å²) in [6.07, 6.45) is 3.57. The van der Waals surface area contributed by atoms with Crippen LogP contribution < -0.4 is 16.2 Å². The van der Waals surface area contributed by atoms with Crippen LogP contribution >= 0.6 is 0 Å². The van der Waals surface area contributed by atoms with Crippen molar-refractivity contribution in [1.82, 2.24) is 0 Å². The number of rotatable bonds is 5. The normalized spacial score (nSPS) is 17.9. The molecule has 2 rings (SSSR count). The number of nitrogens with two attached hydrogens (primary N) is 2. The molecule has 1 aliphatic rings. The van der Waals surface area contributed by atoms with Crippen molar-refractivity contribution in [3.8, 4) is 5.75 Å². The molecule has 0 saturated heterocycles. The molecule has 1 fully saturated rings. The number of hydrogen-bond acceptors (Lipinski definition) is 4. The molecule has 1 aromatic carbocycles. The Labute approximate surface area is 107 Å². The Kier molecular flexibility index (Phi) is 3.13. The third kappa shape index (κ3) is 2.54. The summed E-state index contributed by atoms with van der Waals surface area (Å²) in [5.74, 6) is 0.756. The van der Waals surface area contributed by atoms with Crippen molar-refractivity contribution >= 4 is 11.4 Å². The van der Waals surface area contributed by atoms with Crippen LogP contribution in [0.3, 0.4) is 0 Å². The zero-order valence-corrected chi connectivity index (χ0v) is 10.6. The van der Waals surface area contributed by atoms with Crippen molar-refractivity contribution in [2.24, 2.45) is 5.73 Å². The van der Waals surface area contributed by atoms with Crippen molar-refractivity contribution < 1.29 is 4.74 Å². The molecule has 1 atom stereocenters. The Morgan fingerprint density at radius 1 is 1.56 bits per heavy atom. The van der Waals surface area contributed by atoms with Gasteiger partial charge in [0.1, 0.15) is 11.4 Å². The largest absolute Gasteiger partial charge is 0.488 e. The third-order valence-electron chi connectivity index (χ3n) is 3.27. The maximum Gasteiger partial charge on any atom is 0.120 e. The van der Waals surface area contributed by atoms with Gasteiger partial charge in [-0.1, -0.05) is 6.58 Å². The van der Waals surface area contributed by atoms with Gasteiger partial charge in [-0.2, -0.15) is 0 Å². The quantitative estimate of drug-likeness (QED) is 0.550. The first-order valence-corrected chi connectivity index (χ1v) is 6.00. The van der Waals surface area contributed by atoms with E-state index >= 15 is 0 Å². The minimum absolute atomic E-state index is 0.0383. The third-order valence-corrected chi connectivity index (χ3v) is 3.27. The highest BCUT2D eigenvalue weighted by atomic mass is 16.5. The van der Waals surface area contributed by atoms with E-state index in [2.05, 4.69) is 13.5 Å². The van der Waals surface area contributed by atoms with Crippen LogP contribution in [0.15, 0.2) is 30.9 Å². The van der Waals surface area contributed by atoms with Crippen LogP contribution in [0.1, 0.15) is 31.4 Å². The molecule has 1 unspecified atom stereocenters. The lowest BCUT2D eigenvalue weighted by Gasteiger charge is -2.17. The molecule has 96 valence electrons. The van der Waals surface area contributed by atoms with E-state index in [4.69, 9.17) is 21.6 Å². The summed E-state index contributed by atoms with van der Waals surface area (Å²) in [5, 5.41) is 7.70. The Morgan fingerprint density at radius 3 is 2.78 bits per heavy atom. The second-order valence-corrected chi connectivity index (χ2v) is 4.98. The summed E-state index contributed by atoms with van der Waals surface area (Å²) in [4.78, 5) is 0. The van der Waals surface area contributed by atoms with Crippen LogP contribution in [0.25, 0.3) is 0 Å². The van der Waals surface area contributed by atoms with E-state index in [0.29, 0.717) is 11.3 Å². The lowest BCUT2D eigenvalue weighted by Crippen LogP contribution is -2.20. The molecule has 18 heavy (non-hydrogen) atoms. The molecule has 0 aliphatic heterocycles. The van der Waals surface area contributed by atoms with E-state index in [1.165, 1.54) is 6.08 Å². The highest BCUT2D eigenvalue weighted by Crippen LogP contribution is 2.40. The highest BCUT2D eigenvalue weighted by Gasteiger charge is 2.40. The fraction of sp³-hybridized carbons (Fsp3) is 0.357. The summed E-state index contributed by atoms with van der Waals surface area (Å²) in [6.45, 7) is 5.63. The lowest BCUT2D eigenvalue weighted by molar-refractivity contribution is 0.200. The van der Waals surface area contributed by atoms with E-state index in [1.807, 2.05) is 12.1 Å². The first kappa shape index (κ1) is 12.6. The van der Waals surface area contributed by atoms with Crippen LogP contribution in [-0.4, -0.2) is 11.3 Å². The number of nitrogen functional groups attached to an aromatic ring is 1. The fourth-order valence-electron chi connectivity index (χ4n) is 1.74. The van der Waals surface area contributed by atoms with Gasteiger partial charge in [-0.05, 0) is 44.0 Å². The standard InChI is InChI=1S/C14H19N3O/c1-3-11(15)13(17)10-8-9(4-5-12(10)16)18-14(2)6-7-14/h3-5,8,13,15H,1,6-7,16-17H2,2H3. The zero-order valence-electron chi connectivity index (χ0n) is 10.6. The van der Waals surface area contributed by atoms with Crippen LogP contribution in [-0.2, 0) is 0 Å². The van der Waals surface area contributed by atoms with Crippen LogP contribution in [0, 0.1) is 5.41 Å². The van der Waals surface area contributed by atoms with Gasteiger partial charge < -0.3 is 21.6 Å². The highest BCUT2D eigenvalue weighted by molar-refractivity contribution is 5.97. The summed E-state index contributed by atoms with van der Waals surface area (Å²) in [6, 6.07) is 4.87. The van der Waals surface area contributed by atoms with Crippen molar-refractivity contribution in [1.29, 1.82) is 5.41 Å². The van der Waals surface area contributed by atoms with Gasteiger partial charge in [0, 0.05) is 11.3 Å². The van der Waals surface area contributed by atoms with Crippen molar-refractivity contribution in [3.05, 3.63) is 36.4 Å². The van der Waals surface area contributed by atoms with E-state index in [9.17, 15) is 0 Å². The maximum atomic E-state index is 7.70. The predicted molar refractivity (Wildman–Crippen MR) is 74.0 cm³/mol. The molecule has 1 saturated carbocycles. The molecular formula is C14H19N3O. The Balaban J connectivity index is 2.26. The van der Waals surface area contributed by atoms with Gasteiger partial charge in [-0.25, -0.2) is 0 Å². The number of benzene rings is 1. The molecule has 4 nitrogen and oxygen atoms in total. The zero-order chi connectivity index (χ0) is 13.3. The van der Waals surface area contributed by atoms with Crippen LogP contribution in [0.4, 0.5) is 5.69 Å². The summed E-state index contributed by atoms with van der Waals surface area (Å²) < 4.78 is 5.86. The first-order valence-electron chi connectivity index (χ1n) is 6.00. The Bertz CT molecular complexity index is 492. The maximum absolute atomic E-state index is 7.70. The van der Waals surface area contributed by atoms with Gasteiger partial charge in [0.25, 0.3) is 0 Å². The van der Waals surface area contributed by atoms with E-state index < -0.39 is 6.04 Å². The van der Waals surface area contributed by atoms with Gasteiger partial charge in [0.15, 0.2) is 0 Å². The van der Waals surface area contributed by atoms with Gasteiger partial charge in [-0.3, -0.25) is 0 Å². The minimum atomic E-state index is -0.557. The first-order chi connectivity index (χ1) is 8.45. The van der Waals surface area contributed by atoms with Gasteiger partial charge >= 0.3 is 0 Å². The van der Waals surface area contributed by atoms with Gasteiger partial charge in [0.05, 0.1) is 11.8 Å². The second-order valence-electron chi connectivity index (χ2n) is 4.98. The average Bonchev–Trinajstić information content (AvgIpc) is 3.07. The van der Waals surface area contributed by atoms with Crippen molar-refractivity contribution in [3.63, 3.8) is 0 Å². The number of hydrogen-bond donors (Lipinski definition) is 3. The predicted octanol–water partition coefficient (Wildman–Crippen LogP) is 2.41. The Morgan fingerprint density at radius 2 is 2.22 bits per heavy atom. The molecule has 0 heterocycles. The molecule has 1 aromatic rings. The van der Waals surface area contributed by atoms with E-state index in [0.717, 1.165) is 18.6 Å². The average molecular weight is 245 g/mol. The molecule has 1 aliphatic carbocycles. The number of anilines is 1. The van der Waals surface area contributed by atoms with Gasteiger partial charge in [0.2, 0.25) is 0 Å². The fourth-order valence-corrected chi connectivity index (χ4v) is 1.74. The molecule has 0 amide bonds. The van der Waals surface area contributed by atoms with Gasteiger partial charge in [-0.15, -0.1) is 0 Å². The molecular weight excluding hydrogens is 226 g/mol. The number of nitrogens with one attached hydrogen (secondary N) is 1. The molecule has 0 spiro atoms. The summed E-state index contributed by atoms with van der Waals surface area (Å²) in [5.41, 5.74) is 13.4. The van der Waals surface area contributed by atoms with Crippen LogP contribution in [0.5, 0.6) is 5.75 Å².